The molecule has 1 N–H and O–H groups in total. The van der Waals surface area contributed by atoms with E-state index in [9.17, 15) is 9.59 Å². The summed E-state index contributed by atoms with van der Waals surface area (Å²) in [6.07, 6.45) is -0.978. The zero-order valence-corrected chi connectivity index (χ0v) is 24.6. The van der Waals surface area contributed by atoms with Gasteiger partial charge in [-0.05, 0) is 44.2 Å². The number of hydrogen-bond acceptors (Lipinski definition) is 8. The normalized spacial score (nSPS) is 16.4. The SMILES string of the molecule is Cc1cc2c(s1)Nc1ccccc1N=C2N1CC[N+](C)(COC(=O)[C@H](C)OC(=O)c2ccccc2)CC1.[I-]. The quantitative estimate of drug-likeness (QED) is 0.259. The van der Waals surface area contributed by atoms with Crippen molar-refractivity contribution >= 4 is 45.5 Å². The fourth-order valence-electron chi connectivity index (χ4n) is 4.46. The number of nitrogens with zero attached hydrogens (tertiary/aromatic N) is 3. The van der Waals surface area contributed by atoms with Crippen molar-refractivity contribution in [1.82, 2.24) is 4.90 Å². The molecular formula is C28H31IN4O4S. The van der Waals surface area contributed by atoms with Crippen molar-refractivity contribution < 1.29 is 47.5 Å². The minimum absolute atomic E-state index is 0. The van der Waals surface area contributed by atoms with Gasteiger partial charge in [0.25, 0.3) is 0 Å². The summed E-state index contributed by atoms with van der Waals surface area (Å²) in [7, 11) is 2.08. The van der Waals surface area contributed by atoms with Crippen LogP contribution in [0.25, 0.3) is 0 Å². The van der Waals surface area contributed by atoms with Gasteiger partial charge >= 0.3 is 11.9 Å². The lowest BCUT2D eigenvalue weighted by Gasteiger charge is -2.42. The summed E-state index contributed by atoms with van der Waals surface area (Å²) in [5.41, 5.74) is 3.46. The number of piperazine rings is 1. The topological polar surface area (TPSA) is 80.2 Å². The van der Waals surface area contributed by atoms with E-state index in [2.05, 4.69) is 36.3 Å². The Morgan fingerprint density at radius 3 is 2.53 bits per heavy atom. The summed E-state index contributed by atoms with van der Waals surface area (Å²) >= 11 is 1.74. The average molecular weight is 647 g/mol. The molecule has 0 radical (unpaired) electrons. The molecule has 0 aliphatic carbocycles. The van der Waals surface area contributed by atoms with Crippen LogP contribution in [0.3, 0.4) is 0 Å². The molecule has 1 fully saturated rings. The predicted octanol–water partition coefficient (Wildman–Crippen LogP) is 1.70. The molecular weight excluding hydrogens is 615 g/mol. The van der Waals surface area contributed by atoms with E-state index in [1.165, 1.54) is 11.8 Å². The number of carbonyl (C=O) groups excluding carboxylic acids is 2. The van der Waals surface area contributed by atoms with Gasteiger partial charge in [-0.15, -0.1) is 11.3 Å². The van der Waals surface area contributed by atoms with Crippen molar-refractivity contribution in [2.45, 2.75) is 20.0 Å². The molecule has 1 saturated heterocycles. The lowest BCUT2D eigenvalue weighted by molar-refractivity contribution is -0.929. The monoisotopic (exact) mass is 646 g/mol. The highest BCUT2D eigenvalue weighted by Crippen LogP contribution is 2.39. The Hall–Kier alpha value is -2.96. The maximum Gasteiger partial charge on any atom is 0.351 e. The second kappa shape index (κ2) is 11.8. The van der Waals surface area contributed by atoms with Gasteiger partial charge in [-0.2, -0.15) is 0 Å². The second-order valence-corrected chi connectivity index (χ2v) is 11.0. The Morgan fingerprint density at radius 2 is 1.79 bits per heavy atom. The smallest absolute Gasteiger partial charge is 0.351 e. The fraction of sp³-hybridized carbons (Fsp3) is 0.321. The molecule has 8 nitrogen and oxygen atoms in total. The van der Waals surface area contributed by atoms with E-state index >= 15 is 0 Å². The van der Waals surface area contributed by atoms with Gasteiger partial charge in [0, 0.05) is 4.88 Å². The molecule has 5 rings (SSSR count). The third kappa shape index (κ3) is 6.19. The number of nitrogens with one attached hydrogen (secondary N) is 1. The van der Waals surface area contributed by atoms with Crippen molar-refractivity contribution in [2.24, 2.45) is 4.99 Å². The highest BCUT2D eigenvalue weighted by atomic mass is 127. The number of fused-ring (bicyclic) bond motifs is 2. The molecule has 3 heterocycles. The van der Waals surface area contributed by atoms with E-state index in [1.807, 2.05) is 24.3 Å². The summed E-state index contributed by atoms with van der Waals surface area (Å²) in [4.78, 5) is 33.4. The summed E-state index contributed by atoms with van der Waals surface area (Å²) in [6, 6.07) is 18.9. The first-order valence-electron chi connectivity index (χ1n) is 12.4. The number of aryl methyl sites for hydroxylation is 1. The van der Waals surface area contributed by atoms with Crippen molar-refractivity contribution in [3.63, 3.8) is 0 Å². The summed E-state index contributed by atoms with van der Waals surface area (Å²) < 4.78 is 11.5. The number of quaternary nitrogens is 1. The zero-order valence-electron chi connectivity index (χ0n) is 21.6. The molecule has 2 aliphatic rings. The second-order valence-electron chi connectivity index (χ2n) is 9.74. The molecule has 0 amide bonds. The minimum Gasteiger partial charge on any atom is -1.00 e. The van der Waals surface area contributed by atoms with Gasteiger partial charge in [-0.1, -0.05) is 30.3 Å². The summed E-state index contributed by atoms with van der Waals surface area (Å²) in [6.45, 7) is 7.01. The van der Waals surface area contributed by atoms with Crippen LogP contribution in [0.1, 0.15) is 27.7 Å². The Labute approximate surface area is 243 Å². The molecule has 0 spiro atoms. The molecule has 2 aliphatic heterocycles. The average Bonchev–Trinajstić information content (AvgIpc) is 3.19. The van der Waals surface area contributed by atoms with Crippen molar-refractivity contribution in [3.05, 3.63) is 76.7 Å². The first-order valence-corrected chi connectivity index (χ1v) is 13.2. The molecule has 1 aromatic heterocycles. The van der Waals surface area contributed by atoms with Crippen LogP contribution in [-0.2, 0) is 14.3 Å². The number of thiophene rings is 1. The van der Waals surface area contributed by atoms with E-state index in [0.29, 0.717) is 10.0 Å². The highest BCUT2D eigenvalue weighted by Gasteiger charge is 2.34. The van der Waals surface area contributed by atoms with Crippen LogP contribution >= 0.6 is 11.3 Å². The van der Waals surface area contributed by atoms with E-state index < -0.39 is 18.0 Å². The van der Waals surface area contributed by atoms with Gasteiger partial charge in [0.1, 0.15) is 10.8 Å². The number of aliphatic imine (C=N–C) groups is 1. The van der Waals surface area contributed by atoms with E-state index in [0.717, 1.165) is 54.0 Å². The number of likely N-dealkylation sites (N-methyl/N-ethyl adjacent to an activating group) is 1. The molecule has 38 heavy (non-hydrogen) atoms. The fourth-order valence-corrected chi connectivity index (χ4v) is 5.38. The Bertz CT molecular complexity index is 1340. The Morgan fingerprint density at radius 1 is 1.11 bits per heavy atom. The predicted molar refractivity (Wildman–Crippen MR) is 145 cm³/mol. The van der Waals surface area contributed by atoms with Crippen molar-refractivity contribution in [3.8, 4) is 0 Å². The Balaban J connectivity index is 0.00000336. The molecule has 0 bridgehead atoms. The third-order valence-electron chi connectivity index (χ3n) is 6.74. The first kappa shape index (κ1) is 28.1. The van der Waals surface area contributed by atoms with Gasteiger partial charge in [-0.3, -0.25) is 4.48 Å². The number of esters is 2. The van der Waals surface area contributed by atoms with E-state index in [4.69, 9.17) is 14.5 Å². The number of rotatable bonds is 5. The number of para-hydroxylation sites is 2. The third-order valence-corrected chi connectivity index (χ3v) is 7.70. The van der Waals surface area contributed by atoms with Crippen LogP contribution in [0.2, 0.25) is 0 Å². The maximum absolute atomic E-state index is 12.6. The lowest BCUT2D eigenvalue weighted by Crippen LogP contribution is -3.00. The van der Waals surface area contributed by atoms with Gasteiger partial charge in [0.05, 0.1) is 55.7 Å². The number of anilines is 2. The molecule has 0 saturated carbocycles. The number of halogens is 1. The molecule has 200 valence electrons. The van der Waals surface area contributed by atoms with Crippen LogP contribution in [0.4, 0.5) is 16.4 Å². The maximum atomic E-state index is 12.6. The summed E-state index contributed by atoms with van der Waals surface area (Å²) in [5, 5.41) is 4.66. The minimum atomic E-state index is -0.978. The zero-order chi connectivity index (χ0) is 26.0. The molecule has 3 aromatic rings. The number of hydrogen-bond donors (Lipinski definition) is 1. The molecule has 10 heteroatoms. The number of carbonyl (C=O) groups is 2. The van der Waals surface area contributed by atoms with Crippen LogP contribution < -0.4 is 29.3 Å². The van der Waals surface area contributed by atoms with Gasteiger partial charge in [0.15, 0.2) is 6.10 Å². The highest BCUT2D eigenvalue weighted by molar-refractivity contribution is 7.16. The van der Waals surface area contributed by atoms with Crippen LogP contribution in [0, 0.1) is 6.92 Å². The number of benzene rings is 2. The molecule has 2 aromatic carbocycles. The lowest BCUT2D eigenvalue weighted by atomic mass is 10.2. The van der Waals surface area contributed by atoms with Gasteiger partial charge in [0.2, 0.25) is 6.73 Å². The number of amidine groups is 1. The van der Waals surface area contributed by atoms with E-state index in [-0.39, 0.29) is 30.7 Å². The summed E-state index contributed by atoms with van der Waals surface area (Å²) in [5.74, 6) is -0.107. The standard InChI is InChI=1S/C28H31N4O4S.HI/c1-19-17-22-25(29-23-11-7-8-12-24(23)30-26(22)37-19)31-13-15-32(3,16-14-31)18-35-27(33)20(2)36-28(34)21-9-5-4-6-10-21;/h4-12,17,20,30H,13-16,18H2,1-3H3;1H/q+1;/p-1/t20-;/m0./s1. The van der Waals surface area contributed by atoms with Gasteiger partial charge in [-0.25, -0.2) is 14.6 Å². The van der Waals surface area contributed by atoms with Crippen LogP contribution in [-0.4, -0.2) is 73.2 Å². The van der Waals surface area contributed by atoms with Crippen molar-refractivity contribution in [1.29, 1.82) is 0 Å². The first-order chi connectivity index (χ1) is 17.8. The number of ether oxygens (including phenoxy) is 2. The van der Waals surface area contributed by atoms with E-state index in [1.54, 1.807) is 35.6 Å². The van der Waals surface area contributed by atoms with Crippen LogP contribution in [0.15, 0.2) is 65.7 Å². The largest absolute Gasteiger partial charge is 1.00 e. The van der Waals surface area contributed by atoms with Crippen LogP contribution in [0.5, 0.6) is 0 Å². The molecule has 1 atom stereocenters. The van der Waals surface area contributed by atoms with Gasteiger partial charge < -0.3 is 43.7 Å². The molecule has 0 unspecified atom stereocenters. The van der Waals surface area contributed by atoms with Crippen molar-refractivity contribution in [2.75, 3.05) is 45.3 Å². The Kier molecular flexibility index (Phi) is 8.74.